The first kappa shape index (κ1) is 31.2. The molecular weight excluding hydrogens is 446 g/mol. The maximum Gasteiger partial charge on any atom is 0.469 e. The predicted molar refractivity (Wildman–Crippen MR) is 121 cm³/mol. The number of ether oxygens (including phenoxy) is 1. The van der Waals surface area contributed by atoms with Gasteiger partial charge in [0.25, 0.3) is 0 Å². The number of phosphoric acid groups is 2. The lowest BCUT2D eigenvalue weighted by atomic mass is 9.83. The molecule has 188 valence electrons. The van der Waals surface area contributed by atoms with E-state index in [0.29, 0.717) is 12.8 Å². The third kappa shape index (κ3) is 23.1. The number of rotatable bonds is 20. The molecule has 0 rings (SSSR count). The van der Waals surface area contributed by atoms with Crippen LogP contribution in [0, 0.1) is 10.8 Å². The van der Waals surface area contributed by atoms with E-state index in [2.05, 4.69) is 36.7 Å². The van der Waals surface area contributed by atoms with E-state index >= 15 is 0 Å². The second-order valence-electron chi connectivity index (χ2n) is 9.71. The molecule has 0 fully saturated rings. The van der Waals surface area contributed by atoms with Gasteiger partial charge in [-0.1, -0.05) is 40.5 Å². The topological polar surface area (TPSA) is 143 Å². The van der Waals surface area contributed by atoms with Crippen LogP contribution in [0.2, 0.25) is 0 Å². The Hall–Kier alpha value is 0.180. The SMILES string of the molecule is CC(C)(CCCCOCCCCC(C)(C)CCCOP(=O)(O)O)CCCOP(=O)(O)O. The van der Waals surface area contributed by atoms with Gasteiger partial charge in [-0.15, -0.1) is 0 Å². The second kappa shape index (κ2) is 15.2. The first-order valence-corrected chi connectivity index (χ1v) is 14.2. The molecule has 0 unspecified atom stereocenters. The summed E-state index contributed by atoms with van der Waals surface area (Å²) in [7, 11) is -8.72. The molecular formula is C20H44O9P2. The average Bonchev–Trinajstić information content (AvgIpc) is 2.59. The summed E-state index contributed by atoms with van der Waals surface area (Å²) in [6, 6.07) is 0. The molecule has 0 radical (unpaired) electrons. The van der Waals surface area contributed by atoms with Crippen molar-refractivity contribution in [2.24, 2.45) is 10.8 Å². The molecule has 0 aliphatic rings. The fourth-order valence-electron chi connectivity index (χ4n) is 3.44. The third-order valence-corrected chi connectivity index (χ3v) is 6.34. The maximum absolute atomic E-state index is 10.7. The standard InChI is InChI=1S/C20H44O9P2/c1-19(2,13-9-17-28-30(21,22)23)11-5-7-15-27-16-8-6-12-20(3,4)14-10-18-29-31(24,25)26/h5-18H2,1-4H3,(H2,21,22,23)(H2,24,25,26). The molecule has 0 heterocycles. The Labute approximate surface area is 187 Å². The summed E-state index contributed by atoms with van der Waals surface area (Å²) >= 11 is 0. The molecule has 0 bridgehead atoms. The highest BCUT2D eigenvalue weighted by molar-refractivity contribution is 7.46. The Bertz CT molecular complexity index is 507. The van der Waals surface area contributed by atoms with Crippen molar-refractivity contribution in [3.63, 3.8) is 0 Å². The zero-order chi connectivity index (χ0) is 24.0. The van der Waals surface area contributed by atoms with Gasteiger partial charge in [-0.2, -0.15) is 0 Å². The average molecular weight is 491 g/mol. The van der Waals surface area contributed by atoms with Crippen molar-refractivity contribution in [2.75, 3.05) is 26.4 Å². The van der Waals surface area contributed by atoms with Crippen LogP contribution in [0.5, 0.6) is 0 Å². The Balaban J connectivity index is 3.63. The number of hydrogen-bond acceptors (Lipinski definition) is 5. The lowest BCUT2D eigenvalue weighted by molar-refractivity contribution is 0.118. The first-order chi connectivity index (χ1) is 14.1. The first-order valence-electron chi connectivity index (χ1n) is 11.1. The summed E-state index contributed by atoms with van der Waals surface area (Å²) < 4.78 is 36.0. The number of phosphoric ester groups is 2. The van der Waals surface area contributed by atoms with E-state index in [1.165, 1.54) is 0 Å². The van der Waals surface area contributed by atoms with Gasteiger partial charge in [0.2, 0.25) is 0 Å². The fourth-order valence-corrected chi connectivity index (χ4v) is 4.17. The van der Waals surface area contributed by atoms with Gasteiger partial charge in [-0.3, -0.25) is 9.05 Å². The van der Waals surface area contributed by atoms with Crippen LogP contribution in [0.25, 0.3) is 0 Å². The van der Waals surface area contributed by atoms with E-state index in [9.17, 15) is 9.13 Å². The highest BCUT2D eigenvalue weighted by Gasteiger charge is 2.20. The normalized spacial score (nSPS) is 13.7. The zero-order valence-corrected chi connectivity index (χ0v) is 21.4. The van der Waals surface area contributed by atoms with E-state index < -0.39 is 15.6 Å². The summed E-state index contributed by atoms with van der Waals surface area (Å²) in [5, 5.41) is 0. The van der Waals surface area contributed by atoms with Gasteiger partial charge in [0, 0.05) is 13.2 Å². The number of hydrogen-bond donors (Lipinski definition) is 4. The van der Waals surface area contributed by atoms with Crippen molar-refractivity contribution in [3.05, 3.63) is 0 Å². The molecule has 0 aromatic rings. The molecule has 31 heavy (non-hydrogen) atoms. The quantitative estimate of drug-likeness (QED) is 0.134. The van der Waals surface area contributed by atoms with E-state index in [1.807, 2.05) is 0 Å². The van der Waals surface area contributed by atoms with Gasteiger partial charge in [0.15, 0.2) is 0 Å². The minimum absolute atomic E-state index is 0.0782. The van der Waals surface area contributed by atoms with Crippen LogP contribution in [0.1, 0.15) is 91.9 Å². The Morgan fingerprint density at radius 2 is 0.871 bits per heavy atom. The fraction of sp³-hybridized carbons (Fsp3) is 1.00. The molecule has 0 amide bonds. The number of unbranched alkanes of at least 4 members (excludes halogenated alkanes) is 2. The summed E-state index contributed by atoms with van der Waals surface area (Å²) in [5.41, 5.74) is 0.223. The van der Waals surface area contributed by atoms with Crippen LogP contribution < -0.4 is 0 Å². The highest BCUT2D eigenvalue weighted by Crippen LogP contribution is 2.38. The van der Waals surface area contributed by atoms with Crippen LogP contribution >= 0.6 is 15.6 Å². The Morgan fingerprint density at radius 3 is 1.19 bits per heavy atom. The predicted octanol–water partition coefficient (Wildman–Crippen LogP) is 5.18. The minimum atomic E-state index is -4.36. The van der Waals surface area contributed by atoms with Gasteiger partial charge in [0.05, 0.1) is 13.2 Å². The van der Waals surface area contributed by atoms with Crippen LogP contribution in [-0.4, -0.2) is 46.0 Å². The highest BCUT2D eigenvalue weighted by atomic mass is 31.2. The summed E-state index contributed by atoms with van der Waals surface area (Å²) in [5.74, 6) is 0. The van der Waals surface area contributed by atoms with E-state index in [0.717, 1.165) is 64.6 Å². The molecule has 11 heteroatoms. The third-order valence-electron chi connectivity index (χ3n) is 5.30. The molecule has 0 aliphatic heterocycles. The van der Waals surface area contributed by atoms with Gasteiger partial charge in [-0.05, 0) is 62.2 Å². The van der Waals surface area contributed by atoms with E-state index in [4.69, 9.17) is 24.3 Å². The molecule has 0 saturated carbocycles. The monoisotopic (exact) mass is 490 g/mol. The molecule has 0 spiro atoms. The van der Waals surface area contributed by atoms with Crippen LogP contribution in [0.4, 0.5) is 0 Å². The van der Waals surface area contributed by atoms with Gasteiger partial charge in [0.1, 0.15) is 0 Å². The van der Waals surface area contributed by atoms with E-state index in [-0.39, 0.29) is 24.0 Å². The van der Waals surface area contributed by atoms with Crippen molar-refractivity contribution in [1.29, 1.82) is 0 Å². The molecule has 0 atom stereocenters. The van der Waals surface area contributed by atoms with Crippen LogP contribution in [0.3, 0.4) is 0 Å². The van der Waals surface area contributed by atoms with Crippen molar-refractivity contribution >= 4 is 15.6 Å². The Kier molecular flexibility index (Phi) is 15.2. The van der Waals surface area contributed by atoms with Crippen LogP contribution in [-0.2, 0) is 22.9 Å². The lowest BCUT2D eigenvalue weighted by Crippen LogP contribution is -2.13. The molecule has 0 aliphatic carbocycles. The van der Waals surface area contributed by atoms with Crippen LogP contribution in [0.15, 0.2) is 0 Å². The molecule has 0 saturated heterocycles. The van der Waals surface area contributed by atoms with Gasteiger partial charge in [-0.25, -0.2) is 9.13 Å². The lowest BCUT2D eigenvalue weighted by Gasteiger charge is -2.25. The van der Waals surface area contributed by atoms with Gasteiger partial charge < -0.3 is 24.3 Å². The van der Waals surface area contributed by atoms with Crippen molar-refractivity contribution in [3.8, 4) is 0 Å². The summed E-state index contributed by atoms with van der Waals surface area (Å²) in [4.78, 5) is 34.7. The zero-order valence-electron chi connectivity index (χ0n) is 19.6. The molecule has 4 N–H and O–H groups in total. The largest absolute Gasteiger partial charge is 0.469 e. The minimum Gasteiger partial charge on any atom is -0.381 e. The second-order valence-corrected chi connectivity index (χ2v) is 12.2. The van der Waals surface area contributed by atoms with Crippen molar-refractivity contribution in [2.45, 2.75) is 91.9 Å². The summed E-state index contributed by atoms with van der Waals surface area (Å²) in [6.07, 6.45) is 9.12. The molecule has 9 nitrogen and oxygen atoms in total. The summed E-state index contributed by atoms with van der Waals surface area (Å²) in [6.45, 7) is 10.3. The molecule has 0 aromatic heterocycles. The smallest absolute Gasteiger partial charge is 0.381 e. The van der Waals surface area contributed by atoms with Gasteiger partial charge >= 0.3 is 15.6 Å². The molecule has 0 aromatic carbocycles. The van der Waals surface area contributed by atoms with Crippen molar-refractivity contribution in [1.82, 2.24) is 0 Å². The van der Waals surface area contributed by atoms with E-state index in [1.54, 1.807) is 0 Å². The van der Waals surface area contributed by atoms with Crippen molar-refractivity contribution < 1.29 is 42.5 Å². The Morgan fingerprint density at radius 1 is 0.548 bits per heavy atom. The maximum atomic E-state index is 10.7.